The molecule has 2 aliphatic rings. The summed E-state index contributed by atoms with van der Waals surface area (Å²) in [6.45, 7) is 3.46. The van der Waals surface area contributed by atoms with E-state index in [-0.39, 0.29) is 35.0 Å². The first-order valence-corrected chi connectivity index (χ1v) is 8.63. The lowest BCUT2D eigenvalue weighted by atomic mass is 10.2. The zero-order valence-electron chi connectivity index (χ0n) is 14.5. The van der Waals surface area contributed by atoms with Crippen LogP contribution < -0.4 is 15.5 Å². The van der Waals surface area contributed by atoms with Crippen molar-refractivity contribution in [2.75, 3.05) is 25.0 Å². The van der Waals surface area contributed by atoms with E-state index < -0.39 is 11.7 Å². The van der Waals surface area contributed by atoms with Gasteiger partial charge in [-0.3, -0.25) is 4.99 Å². The van der Waals surface area contributed by atoms with Gasteiger partial charge in [-0.05, 0) is 24.8 Å². The molecule has 1 saturated heterocycles. The third-order valence-electron chi connectivity index (χ3n) is 4.63. The Morgan fingerprint density at radius 3 is 2.62 bits per heavy atom. The van der Waals surface area contributed by atoms with Crippen LogP contribution in [0.4, 0.5) is 19.0 Å². The first-order valence-electron chi connectivity index (χ1n) is 8.25. The average molecular weight is 504 g/mol. The lowest BCUT2D eigenvalue weighted by Gasteiger charge is -2.21. The van der Waals surface area contributed by atoms with E-state index in [1.54, 1.807) is 7.05 Å². The Bertz CT molecular complexity index is 670. The molecule has 146 valence electrons. The SMILES string of the molecule is CN=C(NC1CCN(c2ncc(C(F)(F)F)cc2Cl)C1)NC1CC1C.I. The van der Waals surface area contributed by atoms with Crippen LogP contribution in [0.25, 0.3) is 0 Å². The number of anilines is 1. The maximum absolute atomic E-state index is 12.7. The van der Waals surface area contributed by atoms with Gasteiger partial charge < -0.3 is 15.5 Å². The van der Waals surface area contributed by atoms with Crippen molar-refractivity contribution in [3.8, 4) is 0 Å². The molecule has 2 fully saturated rings. The summed E-state index contributed by atoms with van der Waals surface area (Å²) < 4.78 is 38.1. The monoisotopic (exact) mass is 503 g/mol. The minimum atomic E-state index is -4.44. The molecule has 0 radical (unpaired) electrons. The third-order valence-corrected chi connectivity index (χ3v) is 4.91. The van der Waals surface area contributed by atoms with Gasteiger partial charge in [0.2, 0.25) is 0 Å². The van der Waals surface area contributed by atoms with Gasteiger partial charge in [-0.15, -0.1) is 24.0 Å². The summed E-state index contributed by atoms with van der Waals surface area (Å²) in [5.74, 6) is 1.80. The van der Waals surface area contributed by atoms with E-state index in [1.807, 2.05) is 4.90 Å². The molecule has 1 aromatic rings. The van der Waals surface area contributed by atoms with Crippen molar-refractivity contribution in [3.05, 3.63) is 22.8 Å². The van der Waals surface area contributed by atoms with Crippen LogP contribution in [0.2, 0.25) is 5.02 Å². The molecule has 5 nitrogen and oxygen atoms in total. The summed E-state index contributed by atoms with van der Waals surface area (Å²) in [7, 11) is 1.73. The van der Waals surface area contributed by atoms with Crippen LogP contribution in [0, 0.1) is 5.92 Å². The molecule has 1 saturated carbocycles. The van der Waals surface area contributed by atoms with Gasteiger partial charge in [-0.2, -0.15) is 13.2 Å². The van der Waals surface area contributed by atoms with E-state index >= 15 is 0 Å². The number of aromatic nitrogens is 1. The Morgan fingerprint density at radius 2 is 2.08 bits per heavy atom. The van der Waals surface area contributed by atoms with Crippen molar-refractivity contribution in [1.82, 2.24) is 15.6 Å². The standard InChI is InChI=1S/C16H21ClF3N5.HI/c1-9-5-13(9)24-15(21-2)23-11-3-4-25(8-11)14-12(17)6-10(7-22-14)16(18,19)20;/h6-7,9,11,13H,3-5,8H2,1-2H3,(H2,21,23,24);1H. The Kier molecular flexibility index (Phi) is 6.86. The molecule has 3 rings (SSSR count). The van der Waals surface area contributed by atoms with Gasteiger partial charge in [0, 0.05) is 38.4 Å². The number of hydrogen-bond donors (Lipinski definition) is 2. The molecule has 0 aromatic carbocycles. The van der Waals surface area contributed by atoms with Gasteiger partial charge in [0.25, 0.3) is 0 Å². The molecule has 2 heterocycles. The van der Waals surface area contributed by atoms with E-state index in [0.717, 1.165) is 31.1 Å². The van der Waals surface area contributed by atoms with Gasteiger partial charge in [-0.1, -0.05) is 18.5 Å². The molecule has 0 bridgehead atoms. The molecule has 0 amide bonds. The lowest BCUT2D eigenvalue weighted by molar-refractivity contribution is -0.137. The van der Waals surface area contributed by atoms with Crippen LogP contribution in [0.3, 0.4) is 0 Å². The number of aliphatic imine (C=N–C) groups is 1. The molecular weight excluding hydrogens is 482 g/mol. The molecule has 2 N–H and O–H groups in total. The summed E-state index contributed by atoms with van der Waals surface area (Å²) in [6, 6.07) is 1.54. The zero-order valence-corrected chi connectivity index (χ0v) is 17.6. The molecule has 3 unspecified atom stereocenters. The fourth-order valence-electron chi connectivity index (χ4n) is 2.95. The van der Waals surface area contributed by atoms with E-state index in [1.165, 1.54) is 0 Å². The number of guanidine groups is 1. The number of alkyl halides is 3. The highest BCUT2D eigenvalue weighted by atomic mass is 127. The molecule has 0 spiro atoms. The van der Waals surface area contributed by atoms with Crippen LogP contribution in [-0.2, 0) is 6.18 Å². The van der Waals surface area contributed by atoms with Crippen LogP contribution in [0.1, 0.15) is 25.3 Å². The quantitative estimate of drug-likeness (QED) is 0.377. The Hall–Kier alpha value is -0.970. The van der Waals surface area contributed by atoms with Gasteiger partial charge in [-0.25, -0.2) is 4.98 Å². The van der Waals surface area contributed by atoms with E-state index in [2.05, 4.69) is 27.5 Å². The molecule has 1 aromatic heterocycles. The summed E-state index contributed by atoms with van der Waals surface area (Å²) in [6.07, 6.45) is -1.64. The van der Waals surface area contributed by atoms with Gasteiger partial charge in [0.05, 0.1) is 10.6 Å². The van der Waals surface area contributed by atoms with E-state index in [9.17, 15) is 13.2 Å². The predicted molar refractivity (Wildman–Crippen MR) is 107 cm³/mol. The number of halogens is 5. The Balaban J connectivity index is 0.00000243. The minimum Gasteiger partial charge on any atom is -0.353 e. The summed E-state index contributed by atoms with van der Waals surface area (Å²) in [5.41, 5.74) is -0.835. The second-order valence-electron chi connectivity index (χ2n) is 6.64. The van der Waals surface area contributed by atoms with Gasteiger partial charge in [0.15, 0.2) is 5.96 Å². The normalized spacial score (nSPS) is 25.7. The van der Waals surface area contributed by atoms with Crippen molar-refractivity contribution < 1.29 is 13.2 Å². The van der Waals surface area contributed by atoms with Gasteiger partial charge in [0.1, 0.15) is 5.82 Å². The van der Waals surface area contributed by atoms with Crippen molar-refractivity contribution in [2.24, 2.45) is 10.9 Å². The van der Waals surface area contributed by atoms with Crippen molar-refractivity contribution >= 4 is 47.4 Å². The topological polar surface area (TPSA) is 52.6 Å². The molecule has 1 aliphatic heterocycles. The highest BCUT2D eigenvalue weighted by molar-refractivity contribution is 14.0. The molecule has 1 aliphatic carbocycles. The summed E-state index contributed by atoms with van der Waals surface area (Å²) in [5, 5.41) is 6.74. The maximum atomic E-state index is 12.7. The molecule has 26 heavy (non-hydrogen) atoms. The highest BCUT2D eigenvalue weighted by Gasteiger charge is 2.35. The minimum absolute atomic E-state index is 0. The Morgan fingerprint density at radius 1 is 1.38 bits per heavy atom. The second-order valence-corrected chi connectivity index (χ2v) is 7.05. The van der Waals surface area contributed by atoms with E-state index in [4.69, 9.17) is 11.6 Å². The average Bonchev–Trinajstić information content (AvgIpc) is 3.05. The molecular formula is C16H22ClF3IN5. The largest absolute Gasteiger partial charge is 0.417 e. The van der Waals surface area contributed by atoms with E-state index in [0.29, 0.717) is 30.9 Å². The van der Waals surface area contributed by atoms with Crippen molar-refractivity contribution in [1.29, 1.82) is 0 Å². The maximum Gasteiger partial charge on any atom is 0.417 e. The fourth-order valence-corrected chi connectivity index (χ4v) is 3.24. The summed E-state index contributed by atoms with van der Waals surface area (Å²) in [4.78, 5) is 10.1. The smallest absolute Gasteiger partial charge is 0.353 e. The van der Waals surface area contributed by atoms with Crippen molar-refractivity contribution in [3.63, 3.8) is 0 Å². The first-order chi connectivity index (χ1) is 11.8. The number of pyridine rings is 1. The van der Waals surface area contributed by atoms with Crippen LogP contribution in [0.15, 0.2) is 17.3 Å². The number of nitrogens with zero attached hydrogens (tertiary/aromatic N) is 3. The first kappa shape index (κ1) is 21.3. The number of nitrogens with one attached hydrogen (secondary N) is 2. The van der Waals surface area contributed by atoms with Crippen molar-refractivity contribution in [2.45, 2.75) is 38.0 Å². The predicted octanol–water partition coefficient (Wildman–Crippen LogP) is 3.52. The zero-order chi connectivity index (χ0) is 18.2. The Labute approximate surface area is 172 Å². The third kappa shape index (κ3) is 5.05. The molecule has 3 atom stereocenters. The fraction of sp³-hybridized carbons (Fsp3) is 0.625. The van der Waals surface area contributed by atoms with Crippen LogP contribution in [0.5, 0.6) is 0 Å². The lowest BCUT2D eigenvalue weighted by Crippen LogP contribution is -2.45. The van der Waals surface area contributed by atoms with Gasteiger partial charge >= 0.3 is 6.18 Å². The van der Waals surface area contributed by atoms with Crippen LogP contribution >= 0.6 is 35.6 Å². The summed E-state index contributed by atoms with van der Waals surface area (Å²) >= 11 is 6.03. The molecule has 10 heteroatoms. The number of hydrogen-bond acceptors (Lipinski definition) is 3. The highest BCUT2D eigenvalue weighted by Crippen LogP contribution is 2.34. The van der Waals surface area contributed by atoms with Crippen LogP contribution in [-0.4, -0.2) is 43.2 Å². The second kappa shape index (κ2) is 8.37. The number of rotatable bonds is 3.